The van der Waals surface area contributed by atoms with E-state index in [0.717, 1.165) is 49.0 Å². The lowest BCUT2D eigenvalue weighted by atomic mass is 9.52. The van der Waals surface area contributed by atoms with Crippen LogP contribution in [0.2, 0.25) is 0 Å². The fraction of sp³-hybridized carbons (Fsp3) is 0.441. The van der Waals surface area contributed by atoms with E-state index in [-0.39, 0.29) is 34.6 Å². The molecule has 0 amide bonds. The highest BCUT2D eigenvalue weighted by Gasteiger charge is 2.53. The van der Waals surface area contributed by atoms with Crippen molar-refractivity contribution in [1.82, 2.24) is 0 Å². The third-order valence-electron chi connectivity index (χ3n) is 8.78. The fourth-order valence-corrected chi connectivity index (χ4v) is 6.80. The quantitative estimate of drug-likeness (QED) is 0.308. The lowest BCUT2D eigenvalue weighted by Crippen LogP contribution is -2.50. The number of rotatable bonds is 7. The van der Waals surface area contributed by atoms with Crippen LogP contribution in [0.15, 0.2) is 54.6 Å². The van der Waals surface area contributed by atoms with Crippen LogP contribution in [0.25, 0.3) is 11.1 Å². The first-order valence-corrected chi connectivity index (χ1v) is 14.1. The molecular formula is C34H39FO5. The van der Waals surface area contributed by atoms with Crippen LogP contribution >= 0.6 is 0 Å². The van der Waals surface area contributed by atoms with Gasteiger partial charge in [0.2, 0.25) is 0 Å². The molecule has 3 aromatic rings. The Labute approximate surface area is 236 Å². The summed E-state index contributed by atoms with van der Waals surface area (Å²) in [6, 6.07) is 16.2. The molecule has 0 heterocycles. The van der Waals surface area contributed by atoms with Crippen molar-refractivity contribution in [3.05, 3.63) is 82.7 Å². The van der Waals surface area contributed by atoms with E-state index in [4.69, 9.17) is 14.2 Å². The summed E-state index contributed by atoms with van der Waals surface area (Å²) in [5.74, 6) is 0.150. The van der Waals surface area contributed by atoms with Crippen LogP contribution in [-0.4, -0.2) is 25.3 Å². The minimum Gasteiger partial charge on any atom is -0.508 e. The van der Waals surface area contributed by atoms with E-state index >= 15 is 0 Å². The van der Waals surface area contributed by atoms with Crippen LogP contribution < -0.4 is 4.74 Å². The van der Waals surface area contributed by atoms with E-state index in [2.05, 4.69) is 32.9 Å². The Morgan fingerprint density at radius 1 is 1.05 bits per heavy atom. The summed E-state index contributed by atoms with van der Waals surface area (Å²) in [6.45, 7) is 6.57. The number of aromatic hydroxyl groups is 1. The van der Waals surface area contributed by atoms with Gasteiger partial charge in [-0.25, -0.2) is 4.39 Å². The van der Waals surface area contributed by atoms with E-state index in [1.165, 1.54) is 36.4 Å². The highest BCUT2D eigenvalue weighted by Crippen LogP contribution is 2.56. The van der Waals surface area contributed by atoms with E-state index in [1.807, 2.05) is 24.3 Å². The number of hydrogen-bond acceptors (Lipinski definition) is 5. The van der Waals surface area contributed by atoms with Crippen LogP contribution in [0.3, 0.4) is 0 Å². The number of phenols is 1. The molecule has 3 atom stereocenters. The molecule has 0 bridgehead atoms. The standard InChI is InChI=1S/C34H39FO5/c1-33(2,3)31(38-4)27-17-21(8-12-25(27)26-18-23(36)10-13-30(26)35)20-40-24-11-9-22-7-6-15-34(29(22)19-24)16-14-28(34)32(37)39-5/h8-13,17-19,28,31,36H,6-7,14-16,20H2,1-5H3/t28-,31+,34+/m1/s1. The van der Waals surface area contributed by atoms with Gasteiger partial charge in [0.05, 0.1) is 19.1 Å². The Morgan fingerprint density at radius 3 is 2.52 bits per heavy atom. The van der Waals surface area contributed by atoms with Crippen molar-refractivity contribution in [2.45, 2.75) is 71.0 Å². The number of carbonyl (C=O) groups excluding carboxylic acids is 1. The molecule has 0 saturated heterocycles. The summed E-state index contributed by atoms with van der Waals surface area (Å²) in [5.41, 5.74) is 4.86. The van der Waals surface area contributed by atoms with Gasteiger partial charge in [-0.05, 0) is 102 Å². The largest absolute Gasteiger partial charge is 0.508 e. The number of methoxy groups -OCH3 is 2. The van der Waals surface area contributed by atoms with Crippen LogP contribution in [0.5, 0.6) is 11.5 Å². The molecular weight excluding hydrogens is 507 g/mol. The van der Waals surface area contributed by atoms with E-state index in [0.29, 0.717) is 17.7 Å². The van der Waals surface area contributed by atoms with E-state index in [1.54, 1.807) is 7.11 Å². The molecule has 2 aliphatic carbocycles. The number of phenolic OH excluding ortho intramolecular Hbond substituents is 1. The minimum atomic E-state index is -0.406. The molecule has 40 heavy (non-hydrogen) atoms. The van der Waals surface area contributed by atoms with Gasteiger partial charge in [-0.15, -0.1) is 0 Å². The van der Waals surface area contributed by atoms with Crippen LogP contribution in [0.4, 0.5) is 4.39 Å². The molecule has 5 nitrogen and oxygen atoms in total. The molecule has 0 radical (unpaired) electrons. The zero-order valence-corrected chi connectivity index (χ0v) is 24.1. The lowest BCUT2D eigenvalue weighted by Gasteiger charge is -2.51. The molecule has 6 heteroatoms. The molecule has 0 aliphatic heterocycles. The van der Waals surface area contributed by atoms with Crippen molar-refractivity contribution >= 4 is 5.97 Å². The van der Waals surface area contributed by atoms with Crippen LogP contribution in [0.1, 0.15) is 74.8 Å². The number of carbonyl (C=O) groups is 1. The predicted molar refractivity (Wildman–Crippen MR) is 153 cm³/mol. The molecule has 1 spiro atoms. The maximum absolute atomic E-state index is 14.9. The third-order valence-corrected chi connectivity index (χ3v) is 8.78. The summed E-state index contributed by atoms with van der Waals surface area (Å²) in [6.07, 6.45) is 4.61. The molecule has 0 aromatic heterocycles. The molecule has 3 aromatic carbocycles. The van der Waals surface area contributed by atoms with Crippen LogP contribution in [-0.2, 0) is 32.7 Å². The van der Waals surface area contributed by atoms with Gasteiger partial charge in [0, 0.05) is 18.1 Å². The van der Waals surface area contributed by atoms with Gasteiger partial charge in [0.1, 0.15) is 23.9 Å². The predicted octanol–water partition coefficient (Wildman–Crippen LogP) is 7.67. The lowest BCUT2D eigenvalue weighted by molar-refractivity contribution is -0.153. The SMILES string of the molecule is COC(=O)[C@H]1CC[C@@]12CCCc1ccc(OCc3ccc(-c4cc(O)ccc4F)c([C@H](OC)C(C)(C)C)c3)cc12. The maximum Gasteiger partial charge on any atom is 0.309 e. The highest BCUT2D eigenvalue weighted by atomic mass is 19.1. The van der Waals surface area contributed by atoms with Crippen molar-refractivity contribution in [1.29, 1.82) is 0 Å². The normalized spacial score (nSPS) is 20.9. The Morgan fingerprint density at radius 2 is 1.85 bits per heavy atom. The number of benzene rings is 3. The monoisotopic (exact) mass is 546 g/mol. The Kier molecular flexibility index (Phi) is 7.66. The number of aryl methyl sites for hydroxylation is 1. The van der Waals surface area contributed by atoms with Gasteiger partial charge in [-0.1, -0.05) is 39.0 Å². The van der Waals surface area contributed by atoms with Crippen molar-refractivity contribution in [3.8, 4) is 22.6 Å². The van der Waals surface area contributed by atoms with E-state index in [9.17, 15) is 14.3 Å². The Balaban J connectivity index is 1.46. The zero-order chi connectivity index (χ0) is 28.7. The third kappa shape index (κ3) is 5.10. The minimum absolute atomic E-state index is 0.00516. The number of hydrogen-bond donors (Lipinski definition) is 1. The summed E-state index contributed by atoms with van der Waals surface area (Å²) in [5, 5.41) is 10.1. The topological polar surface area (TPSA) is 65.0 Å². The Hall–Kier alpha value is -3.38. The van der Waals surface area contributed by atoms with E-state index < -0.39 is 5.82 Å². The summed E-state index contributed by atoms with van der Waals surface area (Å²) in [4.78, 5) is 12.5. The zero-order valence-electron chi connectivity index (χ0n) is 24.1. The van der Waals surface area contributed by atoms with Crippen molar-refractivity contribution in [2.75, 3.05) is 14.2 Å². The maximum atomic E-state index is 14.9. The molecule has 0 unspecified atom stereocenters. The van der Waals surface area contributed by atoms with Gasteiger partial charge in [-0.2, -0.15) is 0 Å². The average molecular weight is 547 g/mol. The Bertz CT molecular complexity index is 1410. The number of ether oxygens (including phenoxy) is 3. The molecule has 212 valence electrons. The van der Waals surface area contributed by atoms with Crippen molar-refractivity contribution in [2.24, 2.45) is 11.3 Å². The first-order valence-electron chi connectivity index (χ1n) is 14.1. The second kappa shape index (κ2) is 10.9. The number of esters is 1. The average Bonchev–Trinajstić information content (AvgIpc) is 2.92. The van der Waals surface area contributed by atoms with Crippen LogP contribution in [0, 0.1) is 17.2 Å². The molecule has 5 rings (SSSR count). The molecule has 1 N–H and O–H groups in total. The summed E-state index contributed by atoms with van der Waals surface area (Å²) >= 11 is 0. The van der Waals surface area contributed by atoms with Gasteiger partial charge in [-0.3, -0.25) is 4.79 Å². The first kappa shape index (κ1) is 28.2. The van der Waals surface area contributed by atoms with Gasteiger partial charge in [0.15, 0.2) is 0 Å². The van der Waals surface area contributed by atoms with Gasteiger partial charge < -0.3 is 19.3 Å². The summed E-state index contributed by atoms with van der Waals surface area (Å²) in [7, 11) is 3.13. The smallest absolute Gasteiger partial charge is 0.309 e. The molecule has 2 aliphatic rings. The van der Waals surface area contributed by atoms with Gasteiger partial charge >= 0.3 is 5.97 Å². The van der Waals surface area contributed by atoms with Gasteiger partial charge in [0.25, 0.3) is 0 Å². The first-order chi connectivity index (χ1) is 19.1. The van der Waals surface area contributed by atoms with Crippen molar-refractivity contribution in [3.63, 3.8) is 0 Å². The highest BCUT2D eigenvalue weighted by molar-refractivity contribution is 5.76. The second-order valence-corrected chi connectivity index (χ2v) is 12.3. The molecule has 1 fully saturated rings. The number of fused-ring (bicyclic) bond motifs is 2. The second-order valence-electron chi connectivity index (χ2n) is 12.3. The molecule has 1 saturated carbocycles. The summed E-state index contributed by atoms with van der Waals surface area (Å²) < 4.78 is 32.3. The number of halogens is 1. The van der Waals surface area contributed by atoms with Crippen molar-refractivity contribution < 1.29 is 28.5 Å². The fourth-order valence-electron chi connectivity index (χ4n) is 6.80.